The molecule has 3 aromatic rings. The van der Waals surface area contributed by atoms with Crippen molar-refractivity contribution in [3.63, 3.8) is 0 Å². The molecule has 0 amide bonds. The van der Waals surface area contributed by atoms with Crippen LogP contribution < -0.4 is 10.5 Å². The molecule has 0 aliphatic rings. The summed E-state index contributed by atoms with van der Waals surface area (Å²) in [7, 11) is 0. The van der Waals surface area contributed by atoms with Crippen molar-refractivity contribution in [2.45, 2.75) is 6.54 Å². The molecule has 0 spiro atoms. The predicted octanol–water partition coefficient (Wildman–Crippen LogP) is 2.59. The first-order chi connectivity index (χ1) is 8.86. The van der Waals surface area contributed by atoms with Crippen LogP contribution in [0.1, 0.15) is 5.56 Å². The zero-order valence-corrected chi connectivity index (χ0v) is 9.78. The Morgan fingerprint density at radius 2 is 1.94 bits per heavy atom. The highest BCUT2D eigenvalue weighted by molar-refractivity contribution is 5.43. The first kappa shape index (κ1) is 10.8. The van der Waals surface area contributed by atoms with Gasteiger partial charge in [0, 0.05) is 18.9 Å². The molecule has 0 bridgehead atoms. The summed E-state index contributed by atoms with van der Waals surface area (Å²) >= 11 is 0. The maximum atomic E-state index is 5.83. The Kier molecular flexibility index (Phi) is 2.70. The largest absolute Gasteiger partial charge is 0.440 e. The molecule has 4 heteroatoms. The van der Waals surface area contributed by atoms with Gasteiger partial charge >= 0.3 is 0 Å². The number of rotatable bonds is 3. The normalized spacial score (nSPS) is 10.7. The molecule has 2 N–H and O–H groups in total. The fourth-order valence-corrected chi connectivity index (χ4v) is 1.82. The van der Waals surface area contributed by atoms with E-state index in [2.05, 4.69) is 4.98 Å². The molecule has 1 aromatic carbocycles. The third-order valence-electron chi connectivity index (χ3n) is 2.77. The van der Waals surface area contributed by atoms with Crippen molar-refractivity contribution in [3.05, 3.63) is 60.4 Å². The van der Waals surface area contributed by atoms with Crippen molar-refractivity contribution in [2.24, 2.45) is 5.73 Å². The summed E-state index contributed by atoms with van der Waals surface area (Å²) in [6.07, 6.45) is 3.62. The monoisotopic (exact) mass is 239 g/mol. The minimum atomic E-state index is 0.539. The summed E-state index contributed by atoms with van der Waals surface area (Å²) in [4.78, 5) is 4.21. The molecule has 2 heterocycles. The number of benzene rings is 1. The second-order valence-electron chi connectivity index (χ2n) is 3.97. The van der Waals surface area contributed by atoms with E-state index in [0.29, 0.717) is 6.54 Å². The van der Waals surface area contributed by atoms with E-state index in [1.54, 1.807) is 6.20 Å². The fraction of sp³-hybridized carbons (Fsp3) is 0.0714. The molecule has 0 aliphatic carbocycles. The molecule has 4 nitrogen and oxygen atoms in total. The van der Waals surface area contributed by atoms with Crippen LogP contribution in [0, 0.1) is 0 Å². The van der Waals surface area contributed by atoms with Gasteiger partial charge < -0.3 is 10.5 Å². The number of fused-ring (bicyclic) bond motifs is 1. The zero-order chi connectivity index (χ0) is 12.4. The van der Waals surface area contributed by atoms with Crippen molar-refractivity contribution >= 4 is 5.65 Å². The highest BCUT2D eigenvalue weighted by Gasteiger charge is 2.02. The number of pyridine rings is 1. The number of ether oxygens (including phenoxy) is 1. The first-order valence-corrected chi connectivity index (χ1v) is 5.76. The molecule has 0 radical (unpaired) electrons. The average Bonchev–Trinajstić information content (AvgIpc) is 2.89. The summed E-state index contributed by atoms with van der Waals surface area (Å²) in [5, 5.41) is 0. The molecule has 0 fully saturated rings. The topological polar surface area (TPSA) is 52.5 Å². The van der Waals surface area contributed by atoms with Gasteiger partial charge in [-0.15, -0.1) is 0 Å². The Morgan fingerprint density at radius 3 is 2.72 bits per heavy atom. The molecule has 3 rings (SSSR count). The third kappa shape index (κ3) is 1.94. The fourth-order valence-electron chi connectivity index (χ4n) is 1.82. The average molecular weight is 239 g/mol. The SMILES string of the molecule is NCc1ccc(Oc2cccc3nccn23)cc1. The van der Waals surface area contributed by atoms with Crippen molar-refractivity contribution in [1.82, 2.24) is 9.38 Å². The maximum absolute atomic E-state index is 5.83. The van der Waals surface area contributed by atoms with E-state index >= 15 is 0 Å². The lowest BCUT2D eigenvalue weighted by molar-refractivity contribution is 0.456. The van der Waals surface area contributed by atoms with Crippen LogP contribution >= 0.6 is 0 Å². The molecule has 90 valence electrons. The number of hydrogen-bond donors (Lipinski definition) is 1. The quantitative estimate of drug-likeness (QED) is 0.764. The highest BCUT2D eigenvalue weighted by atomic mass is 16.5. The predicted molar refractivity (Wildman–Crippen MR) is 69.6 cm³/mol. The van der Waals surface area contributed by atoms with Gasteiger partial charge in [-0.3, -0.25) is 4.40 Å². The van der Waals surface area contributed by atoms with Crippen LogP contribution in [0.2, 0.25) is 0 Å². The van der Waals surface area contributed by atoms with Crippen LogP contribution in [0.4, 0.5) is 0 Å². The minimum absolute atomic E-state index is 0.539. The zero-order valence-electron chi connectivity index (χ0n) is 9.78. The number of aromatic nitrogens is 2. The third-order valence-corrected chi connectivity index (χ3v) is 2.77. The first-order valence-electron chi connectivity index (χ1n) is 5.76. The molecule has 0 aliphatic heterocycles. The lowest BCUT2D eigenvalue weighted by Crippen LogP contribution is -1.96. The second-order valence-corrected chi connectivity index (χ2v) is 3.97. The van der Waals surface area contributed by atoms with E-state index in [-0.39, 0.29) is 0 Å². The van der Waals surface area contributed by atoms with Gasteiger partial charge in [0.25, 0.3) is 0 Å². The van der Waals surface area contributed by atoms with E-state index < -0.39 is 0 Å². The molecule has 0 atom stereocenters. The summed E-state index contributed by atoms with van der Waals surface area (Å²) in [5.41, 5.74) is 7.51. The smallest absolute Gasteiger partial charge is 0.205 e. The Bertz CT molecular complexity index is 658. The van der Waals surface area contributed by atoms with Gasteiger partial charge in [-0.1, -0.05) is 18.2 Å². The standard InChI is InChI=1S/C14H13N3O/c15-10-11-4-6-12(7-5-11)18-14-3-1-2-13-16-8-9-17(13)14/h1-9H,10,15H2. The van der Waals surface area contributed by atoms with Gasteiger partial charge in [0.1, 0.15) is 11.4 Å². The van der Waals surface area contributed by atoms with Crippen molar-refractivity contribution in [2.75, 3.05) is 0 Å². The van der Waals surface area contributed by atoms with Crippen molar-refractivity contribution < 1.29 is 4.74 Å². The number of nitrogens with two attached hydrogens (primary N) is 1. The number of nitrogens with zero attached hydrogens (tertiary/aromatic N) is 2. The summed E-state index contributed by atoms with van der Waals surface area (Å²) in [6, 6.07) is 13.5. The van der Waals surface area contributed by atoms with Crippen LogP contribution in [-0.2, 0) is 6.54 Å². The highest BCUT2D eigenvalue weighted by Crippen LogP contribution is 2.22. The van der Waals surface area contributed by atoms with E-state index in [1.807, 2.05) is 53.1 Å². The van der Waals surface area contributed by atoms with Gasteiger partial charge in [0.15, 0.2) is 0 Å². The van der Waals surface area contributed by atoms with Gasteiger partial charge in [0.2, 0.25) is 5.88 Å². The summed E-state index contributed by atoms with van der Waals surface area (Å²) < 4.78 is 7.73. The molecule has 0 saturated carbocycles. The van der Waals surface area contributed by atoms with Gasteiger partial charge in [-0.25, -0.2) is 4.98 Å². The van der Waals surface area contributed by atoms with Gasteiger partial charge in [0.05, 0.1) is 0 Å². The Labute approximate surface area is 105 Å². The Hall–Kier alpha value is -2.33. The van der Waals surface area contributed by atoms with Crippen LogP contribution in [0.25, 0.3) is 5.65 Å². The summed E-state index contributed by atoms with van der Waals surface area (Å²) in [5.74, 6) is 1.53. The van der Waals surface area contributed by atoms with Gasteiger partial charge in [-0.2, -0.15) is 0 Å². The lowest BCUT2D eigenvalue weighted by atomic mass is 10.2. The second kappa shape index (κ2) is 4.50. The molecule has 2 aromatic heterocycles. The van der Waals surface area contributed by atoms with Crippen molar-refractivity contribution in [1.29, 1.82) is 0 Å². The molecule has 0 unspecified atom stereocenters. The van der Waals surface area contributed by atoms with Crippen LogP contribution in [-0.4, -0.2) is 9.38 Å². The number of hydrogen-bond acceptors (Lipinski definition) is 3. The molecular weight excluding hydrogens is 226 g/mol. The van der Waals surface area contributed by atoms with E-state index in [0.717, 1.165) is 22.8 Å². The van der Waals surface area contributed by atoms with E-state index in [9.17, 15) is 0 Å². The Balaban J connectivity index is 1.93. The lowest BCUT2D eigenvalue weighted by Gasteiger charge is -2.08. The van der Waals surface area contributed by atoms with Gasteiger partial charge in [-0.05, 0) is 29.8 Å². The van der Waals surface area contributed by atoms with Crippen LogP contribution in [0.3, 0.4) is 0 Å². The minimum Gasteiger partial charge on any atom is -0.440 e. The molecule has 0 saturated heterocycles. The van der Waals surface area contributed by atoms with E-state index in [4.69, 9.17) is 10.5 Å². The maximum Gasteiger partial charge on any atom is 0.205 e. The molecular formula is C14H13N3O. The van der Waals surface area contributed by atoms with Crippen molar-refractivity contribution in [3.8, 4) is 11.6 Å². The van der Waals surface area contributed by atoms with Crippen LogP contribution in [0.5, 0.6) is 11.6 Å². The Morgan fingerprint density at radius 1 is 1.11 bits per heavy atom. The summed E-state index contributed by atoms with van der Waals surface area (Å²) in [6.45, 7) is 0.539. The van der Waals surface area contributed by atoms with E-state index in [1.165, 1.54) is 0 Å². The van der Waals surface area contributed by atoms with Crippen LogP contribution in [0.15, 0.2) is 54.9 Å². The molecule has 18 heavy (non-hydrogen) atoms. The number of imidazole rings is 1.